The second-order valence-electron chi connectivity index (χ2n) is 8.32. The topological polar surface area (TPSA) is 55.8 Å². The van der Waals surface area contributed by atoms with Crippen LogP contribution in [0.3, 0.4) is 0 Å². The predicted molar refractivity (Wildman–Crippen MR) is 122 cm³/mol. The second kappa shape index (κ2) is 9.36. The van der Waals surface area contributed by atoms with Crippen LogP contribution in [0.15, 0.2) is 53.0 Å². The molecule has 0 aromatic heterocycles. The summed E-state index contributed by atoms with van der Waals surface area (Å²) < 4.78 is 13.0. The van der Waals surface area contributed by atoms with Gasteiger partial charge >= 0.3 is 5.97 Å². The first-order valence-corrected chi connectivity index (χ1v) is 11.0. The number of halogens is 1. The third-order valence-corrected chi connectivity index (χ3v) is 6.36. The maximum absolute atomic E-state index is 11.1. The van der Waals surface area contributed by atoms with Gasteiger partial charge in [0, 0.05) is 17.4 Å². The zero-order valence-corrected chi connectivity index (χ0v) is 19.5. The molecule has 0 aliphatic carbocycles. The summed E-state index contributed by atoms with van der Waals surface area (Å²) in [5.74, 6) is -0.130. The molecule has 2 aromatic carbocycles. The molecule has 1 fully saturated rings. The molecule has 30 heavy (non-hydrogen) atoms. The van der Waals surface area contributed by atoms with Gasteiger partial charge in [-0.25, -0.2) is 4.79 Å². The smallest absolute Gasteiger partial charge is 0.341 e. The highest BCUT2D eigenvalue weighted by molar-refractivity contribution is 9.10. The van der Waals surface area contributed by atoms with Crippen LogP contribution < -0.4 is 4.74 Å². The van der Waals surface area contributed by atoms with Crippen LogP contribution in [0, 0.1) is 19.8 Å². The Morgan fingerprint density at radius 1 is 1.27 bits per heavy atom. The van der Waals surface area contributed by atoms with E-state index in [-0.39, 0.29) is 24.0 Å². The standard InChI is InChI=1S/C25H29BrO4/c1-14(2)19-12-20(18-8-6-7-15(3)9-18)17(5)30-24(19)21-10-16(4)11-22(26)25(21)29-13-23(27)28/h6-11,17,19-20,24H,1,12-13H2,2-5H3,(H,27,28)/t17-,19-,20-,24-/m0/s1. The third kappa shape index (κ3) is 4.96. The Balaban J connectivity index is 2.00. The fourth-order valence-electron chi connectivity index (χ4n) is 4.32. The van der Waals surface area contributed by atoms with Crippen molar-refractivity contribution in [1.82, 2.24) is 0 Å². The monoisotopic (exact) mass is 472 g/mol. The lowest BCUT2D eigenvalue weighted by Crippen LogP contribution is -2.34. The van der Waals surface area contributed by atoms with Gasteiger partial charge in [-0.3, -0.25) is 0 Å². The Morgan fingerprint density at radius 3 is 2.63 bits per heavy atom. The van der Waals surface area contributed by atoms with Crippen LogP contribution >= 0.6 is 15.9 Å². The Morgan fingerprint density at radius 2 is 2.00 bits per heavy atom. The third-order valence-electron chi connectivity index (χ3n) is 5.77. The van der Waals surface area contributed by atoms with E-state index in [0.29, 0.717) is 5.75 Å². The van der Waals surface area contributed by atoms with E-state index in [0.717, 1.165) is 27.6 Å². The average Bonchev–Trinajstić information content (AvgIpc) is 2.66. The molecular formula is C25H29BrO4. The molecule has 4 atom stereocenters. The van der Waals surface area contributed by atoms with Crippen LogP contribution in [-0.2, 0) is 9.53 Å². The fraction of sp³-hybridized carbons (Fsp3) is 0.400. The van der Waals surface area contributed by atoms with Crippen LogP contribution in [0.2, 0.25) is 0 Å². The molecule has 5 heteroatoms. The summed E-state index contributed by atoms with van der Waals surface area (Å²) in [6.07, 6.45) is 0.659. The predicted octanol–water partition coefficient (Wildman–Crippen LogP) is 6.36. The van der Waals surface area contributed by atoms with Gasteiger partial charge in [-0.15, -0.1) is 0 Å². The van der Waals surface area contributed by atoms with Crippen LogP contribution in [-0.4, -0.2) is 23.8 Å². The van der Waals surface area contributed by atoms with Gasteiger partial charge in [-0.2, -0.15) is 0 Å². The summed E-state index contributed by atoms with van der Waals surface area (Å²) in [6, 6.07) is 12.5. The van der Waals surface area contributed by atoms with Crippen molar-refractivity contribution in [2.45, 2.75) is 52.2 Å². The Labute approximate surface area is 187 Å². The van der Waals surface area contributed by atoms with Gasteiger partial charge in [0.1, 0.15) is 5.75 Å². The van der Waals surface area contributed by atoms with E-state index < -0.39 is 12.6 Å². The number of carboxylic acid groups (broad SMARTS) is 1. The van der Waals surface area contributed by atoms with Gasteiger partial charge in [0.2, 0.25) is 0 Å². The van der Waals surface area contributed by atoms with Crippen molar-refractivity contribution in [2.75, 3.05) is 6.61 Å². The maximum Gasteiger partial charge on any atom is 0.341 e. The SMILES string of the molecule is C=C(C)[C@@H]1C[C@H](c2cccc(C)c2)[C@H](C)O[C@@H]1c1cc(C)cc(Br)c1OCC(=O)O. The largest absolute Gasteiger partial charge is 0.480 e. The maximum atomic E-state index is 11.1. The lowest BCUT2D eigenvalue weighted by Gasteiger charge is -2.42. The second-order valence-corrected chi connectivity index (χ2v) is 9.17. The number of hydrogen-bond acceptors (Lipinski definition) is 3. The number of carbonyl (C=O) groups is 1. The van der Waals surface area contributed by atoms with Crippen LogP contribution in [0.5, 0.6) is 5.75 Å². The number of aryl methyl sites for hydroxylation is 2. The van der Waals surface area contributed by atoms with Crippen LogP contribution in [0.4, 0.5) is 0 Å². The number of aliphatic carboxylic acids is 1. The number of rotatable bonds is 6. The van der Waals surface area contributed by atoms with E-state index in [1.54, 1.807) is 0 Å². The van der Waals surface area contributed by atoms with E-state index >= 15 is 0 Å². The zero-order valence-electron chi connectivity index (χ0n) is 17.9. The normalized spacial score (nSPS) is 23.8. The quantitative estimate of drug-likeness (QED) is 0.497. The Hall–Kier alpha value is -2.11. The molecule has 0 spiro atoms. The molecule has 1 heterocycles. The van der Waals surface area contributed by atoms with Crippen molar-refractivity contribution in [2.24, 2.45) is 5.92 Å². The molecular weight excluding hydrogens is 444 g/mol. The van der Waals surface area contributed by atoms with Gasteiger partial charge in [-0.05, 0) is 73.3 Å². The molecule has 4 nitrogen and oxygen atoms in total. The molecule has 1 aliphatic rings. The van der Waals surface area contributed by atoms with Crippen molar-refractivity contribution in [3.05, 3.63) is 75.3 Å². The highest BCUT2D eigenvalue weighted by Crippen LogP contribution is 2.49. The van der Waals surface area contributed by atoms with Gasteiger partial charge in [-0.1, -0.05) is 42.0 Å². The molecule has 0 radical (unpaired) electrons. The van der Waals surface area contributed by atoms with E-state index in [1.165, 1.54) is 11.1 Å². The molecule has 160 valence electrons. The molecule has 1 aliphatic heterocycles. The number of benzene rings is 2. The van der Waals surface area contributed by atoms with Gasteiger partial charge in [0.25, 0.3) is 0 Å². The zero-order chi connectivity index (χ0) is 22.0. The Bertz CT molecular complexity index is 952. The highest BCUT2D eigenvalue weighted by atomic mass is 79.9. The molecule has 0 amide bonds. The summed E-state index contributed by atoms with van der Waals surface area (Å²) in [7, 11) is 0. The highest BCUT2D eigenvalue weighted by Gasteiger charge is 2.39. The van der Waals surface area contributed by atoms with Gasteiger partial charge < -0.3 is 14.6 Å². The first-order chi connectivity index (χ1) is 14.2. The molecule has 1 N–H and O–H groups in total. The average molecular weight is 473 g/mol. The molecule has 0 bridgehead atoms. The molecule has 1 saturated heterocycles. The van der Waals surface area contributed by atoms with Crippen LogP contribution in [0.25, 0.3) is 0 Å². The number of carboxylic acids is 1. The van der Waals surface area contributed by atoms with Gasteiger partial charge in [0.15, 0.2) is 6.61 Å². The minimum atomic E-state index is -1.01. The van der Waals surface area contributed by atoms with E-state index in [4.69, 9.17) is 14.6 Å². The lowest BCUT2D eigenvalue weighted by molar-refractivity contribution is -0.139. The van der Waals surface area contributed by atoms with Crippen molar-refractivity contribution in [3.8, 4) is 5.75 Å². The number of hydrogen-bond donors (Lipinski definition) is 1. The van der Waals surface area contributed by atoms with E-state index in [1.807, 2.05) is 26.0 Å². The summed E-state index contributed by atoms with van der Waals surface area (Å²) in [5, 5.41) is 9.10. The first-order valence-electron chi connectivity index (χ1n) is 10.2. The van der Waals surface area contributed by atoms with Crippen molar-refractivity contribution < 1.29 is 19.4 Å². The molecule has 0 saturated carbocycles. The minimum absolute atomic E-state index is 0.000915. The minimum Gasteiger partial charge on any atom is -0.480 e. The first kappa shape index (κ1) is 22.6. The molecule has 2 aromatic rings. The van der Waals surface area contributed by atoms with E-state index in [9.17, 15) is 4.79 Å². The van der Waals surface area contributed by atoms with Crippen LogP contribution in [0.1, 0.15) is 54.5 Å². The molecule has 3 rings (SSSR count). The Kier molecular flexibility index (Phi) is 7.04. The van der Waals surface area contributed by atoms with E-state index in [2.05, 4.69) is 60.6 Å². The van der Waals surface area contributed by atoms with Gasteiger partial charge in [0.05, 0.1) is 16.7 Å². The van der Waals surface area contributed by atoms with Crippen molar-refractivity contribution in [1.29, 1.82) is 0 Å². The summed E-state index contributed by atoms with van der Waals surface area (Å²) >= 11 is 3.55. The summed E-state index contributed by atoms with van der Waals surface area (Å²) in [4.78, 5) is 11.1. The summed E-state index contributed by atoms with van der Waals surface area (Å²) in [6.45, 7) is 12.1. The molecule has 0 unspecified atom stereocenters. The fourth-order valence-corrected chi connectivity index (χ4v) is 5.03. The number of ether oxygens (including phenoxy) is 2. The van der Waals surface area contributed by atoms with Crippen molar-refractivity contribution >= 4 is 21.9 Å². The lowest BCUT2D eigenvalue weighted by atomic mass is 9.75. The van der Waals surface area contributed by atoms with Crippen molar-refractivity contribution in [3.63, 3.8) is 0 Å². The summed E-state index contributed by atoms with van der Waals surface area (Å²) in [5.41, 5.74) is 5.48.